The van der Waals surface area contributed by atoms with Gasteiger partial charge >= 0.3 is 5.97 Å². The Balaban J connectivity index is 1.64. The highest BCUT2D eigenvalue weighted by Gasteiger charge is 2.13. The second-order valence-electron chi connectivity index (χ2n) is 5.59. The van der Waals surface area contributed by atoms with Crippen molar-refractivity contribution in [1.82, 2.24) is 0 Å². The molecule has 0 saturated carbocycles. The van der Waals surface area contributed by atoms with Gasteiger partial charge in [0.2, 0.25) is 0 Å². The van der Waals surface area contributed by atoms with Gasteiger partial charge < -0.3 is 18.6 Å². The second-order valence-corrected chi connectivity index (χ2v) is 5.59. The Bertz CT molecular complexity index is 848. The zero-order valence-corrected chi connectivity index (χ0v) is 14.3. The molecule has 0 bridgehead atoms. The van der Waals surface area contributed by atoms with Crippen LogP contribution >= 0.6 is 0 Å². The molecule has 0 radical (unpaired) electrons. The van der Waals surface area contributed by atoms with E-state index in [-0.39, 0.29) is 12.4 Å². The number of methoxy groups -OCH3 is 1. The van der Waals surface area contributed by atoms with Crippen LogP contribution in [0.25, 0.3) is 11.0 Å². The molecule has 25 heavy (non-hydrogen) atoms. The van der Waals surface area contributed by atoms with Crippen LogP contribution in [0.1, 0.15) is 18.9 Å². The molecule has 1 heterocycles. The van der Waals surface area contributed by atoms with Crippen molar-refractivity contribution >= 4 is 16.9 Å². The van der Waals surface area contributed by atoms with Crippen molar-refractivity contribution in [2.75, 3.05) is 13.7 Å². The van der Waals surface area contributed by atoms with Crippen LogP contribution in [0.3, 0.4) is 0 Å². The number of fused-ring (bicyclic) bond motifs is 1. The lowest BCUT2D eigenvalue weighted by atomic mass is 10.1. The molecule has 0 fully saturated rings. The number of furan rings is 1. The third-order valence-corrected chi connectivity index (χ3v) is 3.73. The van der Waals surface area contributed by atoms with Gasteiger partial charge in [0.15, 0.2) is 0 Å². The molecule has 130 valence electrons. The Morgan fingerprint density at radius 1 is 1.04 bits per heavy atom. The summed E-state index contributed by atoms with van der Waals surface area (Å²) in [5, 5.41) is 0.876. The van der Waals surface area contributed by atoms with Crippen LogP contribution in [-0.2, 0) is 11.2 Å². The highest BCUT2D eigenvalue weighted by molar-refractivity contribution is 5.87. The molecule has 3 rings (SSSR count). The maximum absolute atomic E-state index is 12.2. The minimum Gasteiger partial charge on any atom is -0.497 e. The molecule has 3 aromatic rings. The minimum absolute atomic E-state index is 0.132. The van der Waals surface area contributed by atoms with E-state index in [1.54, 1.807) is 43.7 Å². The predicted molar refractivity (Wildman–Crippen MR) is 94.3 cm³/mol. The summed E-state index contributed by atoms with van der Waals surface area (Å²) in [5.41, 5.74) is 1.46. The van der Waals surface area contributed by atoms with Gasteiger partial charge in [-0.2, -0.15) is 0 Å². The van der Waals surface area contributed by atoms with E-state index >= 15 is 0 Å². The molecule has 0 unspecified atom stereocenters. The van der Waals surface area contributed by atoms with Crippen molar-refractivity contribution in [3.63, 3.8) is 0 Å². The molecular formula is C20H20O5. The third kappa shape index (κ3) is 4.12. The molecule has 5 nitrogen and oxygen atoms in total. The van der Waals surface area contributed by atoms with Gasteiger partial charge in [-0.05, 0) is 42.8 Å². The first-order valence-electron chi connectivity index (χ1n) is 8.17. The highest BCUT2D eigenvalue weighted by atomic mass is 16.5. The molecule has 0 aliphatic carbocycles. The van der Waals surface area contributed by atoms with Crippen molar-refractivity contribution in [1.29, 1.82) is 0 Å². The van der Waals surface area contributed by atoms with E-state index in [4.69, 9.17) is 18.6 Å². The lowest BCUT2D eigenvalue weighted by molar-refractivity contribution is -0.133. The standard InChI is InChI=1S/C20H20O5/c1-3-10-23-15-4-6-16(7-5-15)25-20(21)11-14-13-24-19-12-17(22-2)8-9-18(14)19/h4-9,12-13H,3,10-11H2,1-2H3. The zero-order valence-electron chi connectivity index (χ0n) is 14.3. The van der Waals surface area contributed by atoms with Crippen molar-refractivity contribution in [3.8, 4) is 17.2 Å². The third-order valence-electron chi connectivity index (χ3n) is 3.73. The predicted octanol–water partition coefficient (Wildman–Crippen LogP) is 4.38. The summed E-state index contributed by atoms with van der Waals surface area (Å²) < 4.78 is 21.5. The van der Waals surface area contributed by atoms with Crippen molar-refractivity contribution in [2.45, 2.75) is 19.8 Å². The Morgan fingerprint density at radius 3 is 2.48 bits per heavy atom. The second kappa shape index (κ2) is 7.75. The van der Waals surface area contributed by atoms with Gasteiger partial charge in [-0.15, -0.1) is 0 Å². The minimum atomic E-state index is -0.347. The summed E-state index contributed by atoms with van der Waals surface area (Å²) in [6.07, 6.45) is 2.65. The lowest BCUT2D eigenvalue weighted by Gasteiger charge is -2.06. The Kier molecular flexibility index (Phi) is 5.23. The van der Waals surface area contributed by atoms with E-state index in [1.807, 2.05) is 19.1 Å². The largest absolute Gasteiger partial charge is 0.497 e. The van der Waals surface area contributed by atoms with E-state index in [9.17, 15) is 4.79 Å². The van der Waals surface area contributed by atoms with Gasteiger partial charge in [-0.1, -0.05) is 6.92 Å². The maximum atomic E-state index is 12.2. The molecule has 5 heteroatoms. The smallest absolute Gasteiger partial charge is 0.315 e. The van der Waals surface area contributed by atoms with Gasteiger partial charge in [-0.25, -0.2) is 0 Å². The van der Waals surface area contributed by atoms with E-state index in [0.717, 1.165) is 23.1 Å². The summed E-state index contributed by atoms with van der Waals surface area (Å²) in [6, 6.07) is 12.5. The Morgan fingerprint density at radius 2 is 1.76 bits per heavy atom. The summed E-state index contributed by atoms with van der Waals surface area (Å²) in [6.45, 7) is 2.71. The van der Waals surface area contributed by atoms with E-state index in [1.165, 1.54) is 0 Å². The molecule has 0 saturated heterocycles. The van der Waals surface area contributed by atoms with Crippen LogP contribution in [-0.4, -0.2) is 19.7 Å². The summed E-state index contributed by atoms with van der Waals surface area (Å²) in [5.74, 6) is 1.61. The monoisotopic (exact) mass is 340 g/mol. The molecule has 1 aromatic heterocycles. The average molecular weight is 340 g/mol. The fourth-order valence-corrected chi connectivity index (χ4v) is 2.47. The van der Waals surface area contributed by atoms with Gasteiger partial charge in [0.05, 0.1) is 26.4 Å². The van der Waals surface area contributed by atoms with Crippen LogP contribution in [0.15, 0.2) is 53.1 Å². The lowest BCUT2D eigenvalue weighted by Crippen LogP contribution is -2.10. The van der Waals surface area contributed by atoms with Crippen LogP contribution in [0.5, 0.6) is 17.2 Å². The summed E-state index contributed by atoms with van der Waals surface area (Å²) in [4.78, 5) is 12.2. The van der Waals surface area contributed by atoms with Crippen LogP contribution in [0.4, 0.5) is 0 Å². The molecule has 0 N–H and O–H groups in total. The number of esters is 1. The molecule has 0 atom stereocenters. The first kappa shape index (κ1) is 16.9. The van der Waals surface area contributed by atoms with Crippen molar-refractivity contribution in [3.05, 3.63) is 54.3 Å². The quantitative estimate of drug-likeness (QED) is 0.472. The molecule has 0 amide bonds. The molecular weight excluding hydrogens is 320 g/mol. The van der Waals surface area contributed by atoms with Crippen molar-refractivity contribution < 1.29 is 23.4 Å². The SMILES string of the molecule is CCCOc1ccc(OC(=O)Cc2coc3cc(OC)ccc23)cc1. The maximum Gasteiger partial charge on any atom is 0.315 e. The van der Waals surface area contributed by atoms with Crippen LogP contribution in [0.2, 0.25) is 0 Å². The number of carbonyl (C=O) groups excluding carboxylic acids is 1. The first-order chi connectivity index (χ1) is 12.2. The molecule has 0 aliphatic heterocycles. The Labute approximate surface area is 146 Å². The normalized spacial score (nSPS) is 10.6. The molecule has 0 spiro atoms. The summed E-state index contributed by atoms with van der Waals surface area (Å²) >= 11 is 0. The fraction of sp³-hybridized carbons (Fsp3) is 0.250. The van der Waals surface area contributed by atoms with Gasteiger partial charge in [0, 0.05) is 17.0 Å². The number of carbonyl (C=O) groups is 1. The number of benzene rings is 2. The zero-order chi connectivity index (χ0) is 17.6. The van der Waals surface area contributed by atoms with Crippen LogP contribution < -0.4 is 14.2 Å². The number of ether oxygens (including phenoxy) is 3. The number of rotatable bonds is 7. The average Bonchev–Trinajstić information content (AvgIpc) is 3.03. The number of hydrogen-bond acceptors (Lipinski definition) is 5. The van der Waals surface area contributed by atoms with Crippen molar-refractivity contribution in [2.24, 2.45) is 0 Å². The molecule has 2 aromatic carbocycles. The topological polar surface area (TPSA) is 57.9 Å². The van der Waals surface area contributed by atoms with Gasteiger partial charge in [0.25, 0.3) is 0 Å². The van der Waals surface area contributed by atoms with E-state index in [2.05, 4.69) is 0 Å². The highest BCUT2D eigenvalue weighted by Crippen LogP contribution is 2.26. The molecule has 0 aliphatic rings. The van der Waals surface area contributed by atoms with Gasteiger partial charge in [-0.3, -0.25) is 4.79 Å². The fourth-order valence-electron chi connectivity index (χ4n) is 2.47. The van der Waals surface area contributed by atoms with E-state index < -0.39 is 0 Å². The summed E-state index contributed by atoms with van der Waals surface area (Å²) in [7, 11) is 1.60. The Hall–Kier alpha value is -2.95. The van der Waals surface area contributed by atoms with E-state index in [0.29, 0.717) is 23.7 Å². The number of hydrogen-bond donors (Lipinski definition) is 0. The van der Waals surface area contributed by atoms with Gasteiger partial charge in [0.1, 0.15) is 22.8 Å². The first-order valence-corrected chi connectivity index (χ1v) is 8.17. The van der Waals surface area contributed by atoms with Crippen LogP contribution in [0, 0.1) is 0 Å².